The number of nitrogens with two attached hydrogens (primary N) is 1. The lowest BCUT2D eigenvalue weighted by Gasteiger charge is -1.94. The van der Waals surface area contributed by atoms with Crippen molar-refractivity contribution in [1.82, 2.24) is 0 Å². The lowest BCUT2D eigenvalue weighted by Crippen LogP contribution is -1.98. The van der Waals surface area contributed by atoms with E-state index in [4.69, 9.17) is 10.8 Å². The van der Waals surface area contributed by atoms with Crippen molar-refractivity contribution in [2.24, 2.45) is 0 Å². The van der Waals surface area contributed by atoms with Crippen LogP contribution in [0.2, 0.25) is 0 Å². The van der Waals surface area contributed by atoms with Crippen LogP contribution in [0, 0.1) is 0 Å². The number of aromatic hydroxyl groups is 1. The van der Waals surface area contributed by atoms with Gasteiger partial charge in [0.25, 0.3) is 0 Å². The second kappa shape index (κ2) is 2.79. The van der Waals surface area contributed by atoms with Gasteiger partial charge in [-0.3, -0.25) is 0 Å². The van der Waals surface area contributed by atoms with Gasteiger partial charge in [-0.1, -0.05) is 0 Å². The van der Waals surface area contributed by atoms with Crippen molar-refractivity contribution in [3.05, 3.63) is 10.3 Å². The third-order valence-electron chi connectivity index (χ3n) is 1.16. The van der Waals surface area contributed by atoms with E-state index in [2.05, 4.69) is 4.74 Å². The van der Waals surface area contributed by atoms with Crippen LogP contribution in [0.5, 0.6) is 5.75 Å². The molecule has 0 aliphatic carbocycles. The smallest absolute Gasteiger partial charge is 0.351 e. The van der Waals surface area contributed by atoms with Gasteiger partial charge in [0.15, 0.2) is 10.6 Å². The molecule has 0 aliphatic heterocycles. The second-order valence-corrected chi connectivity index (χ2v) is 2.74. The highest BCUT2D eigenvalue weighted by Crippen LogP contribution is 2.31. The van der Waals surface area contributed by atoms with Crippen LogP contribution in [0.1, 0.15) is 9.67 Å². The monoisotopic (exact) mass is 173 g/mol. The van der Waals surface area contributed by atoms with Crippen LogP contribution in [0.25, 0.3) is 0 Å². The lowest BCUT2D eigenvalue weighted by molar-refractivity contribution is 0.0603. The minimum Gasteiger partial charge on any atom is -0.504 e. The van der Waals surface area contributed by atoms with Gasteiger partial charge in [0.05, 0.1) is 12.8 Å². The fourth-order valence-corrected chi connectivity index (χ4v) is 1.37. The standard InChI is InChI=1S/C6H7NO3S/c1-10-6(9)5-4(8)3(7)2-11-5/h2,8H,7H2,1H3. The quantitative estimate of drug-likeness (QED) is 0.617. The van der Waals surface area contributed by atoms with Crippen molar-refractivity contribution in [1.29, 1.82) is 0 Å². The van der Waals surface area contributed by atoms with Crippen LogP contribution in [0.15, 0.2) is 5.38 Å². The molecule has 0 radical (unpaired) electrons. The number of anilines is 1. The van der Waals surface area contributed by atoms with Crippen LogP contribution < -0.4 is 5.73 Å². The highest BCUT2D eigenvalue weighted by Gasteiger charge is 2.15. The molecule has 1 rings (SSSR count). The Morgan fingerprint density at radius 2 is 2.45 bits per heavy atom. The first kappa shape index (κ1) is 7.87. The molecule has 0 amide bonds. The molecule has 0 fully saturated rings. The van der Waals surface area contributed by atoms with Crippen LogP contribution in [-0.4, -0.2) is 18.2 Å². The van der Waals surface area contributed by atoms with Crippen molar-refractivity contribution < 1.29 is 14.6 Å². The Kier molecular flexibility index (Phi) is 2.00. The average molecular weight is 173 g/mol. The minimum atomic E-state index is -0.566. The number of carbonyl (C=O) groups excluding carboxylic acids is 1. The summed E-state index contributed by atoms with van der Waals surface area (Å²) < 4.78 is 4.39. The predicted octanol–water partition coefficient (Wildman–Crippen LogP) is 0.823. The zero-order valence-corrected chi connectivity index (χ0v) is 6.64. The fourth-order valence-electron chi connectivity index (χ4n) is 0.603. The second-order valence-electron chi connectivity index (χ2n) is 1.86. The summed E-state index contributed by atoms with van der Waals surface area (Å²) in [5.41, 5.74) is 5.49. The average Bonchev–Trinajstić information content (AvgIpc) is 2.32. The number of rotatable bonds is 1. The van der Waals surface area contributed by atoms with Crippen molar-refractivity contribution in [2.45, 2.75) is 0 Å². The van der Waals surface area contributed by atoms with E-state index in [1.165, 1.54) is 12.5 Å². The van der Waals surface area contributed by atoms with Gasteiger partial charge in [0.1, 0.15) is 0 Å². The first-order chi connectivity index (χ1) is 5.16. The number of ether oxygens (including phenoxy) is 1. The Bertz CT molecular complexity index is 281. The molecule has 3 N–H and O–H groups in total. The van der Waals surface area contributed by atoms with Gasteiger partial charge >= 0.3 is 5.97 Å². The van der Waals surface area contributed by atoms with Crippen LogP contribution >= 0.6 is 11.3 Å². The van der Waals surface area contributed by atoms with Crippen LogP contribution in [0.4, 0.5) is 5.69 Å². The predicted molar refractivity (Wildman–Crippen MR) is 41.7 cm³/mol. The minimum absolute atomic E-state index is 0.144. The van der Waals surface area contributed by atoms with Gasteiger partial charge in [-0.05, 0) is 0 Å². The van der Waals surface area contributed by atoms with Crippen LogP contribution in [-0.2, 0) is 4.74 Å². The fraction of sp³-hybridized carbons (Fsp3) is 0.167. The van der Waals surface area contributed by atoms with Gasteiger partial charge in [0.2, 0.25) is 0 Å². The Labute approximate surface area is 67.2 Å². The molecule has 0 saturated carbocycles. The summed E-state index contributed by atoms with van der Waals surface area (Å²) in [4.78, 5) is 11.0. The molecule has 0 aromatic carbocycles. The molecule has 11 heavy (non-hydrogen) atoms. The Balaban J connectivity index is 3.04. The Morgan fingerprint density at radius 3 is 2.82 bits per heavy atom. The maximum Gasteiger partial charge on any atom is 0.351 e. The zero-order valence-electron chi connectivity index (χ0n) is 5.83. The largest absolute Gasteiger partial charge is 0.504 e. The maximum atomic E-state index is 10.8. The third kappa shape index (κ3) is 1.27. The zero-order chi connectivity index (χ0) is 8.43. The van der Waals surface area contributed by atoms with Crippen molar-refractivity contribution >= 4 is 23.0 Å². The molecule has 0 atom stereocenters. The first-order valence-corrected chi connectivity index (χ1v) is 3.69. The first-order valence-electron chi connectivity index (χ1n) is 2.81. The van der Waals surface area contributed by atoms with E-state index < -0.39 is 5.97 Å². The van der Waals surface area contributed by atoms with Gasteiger partial charge in [0, 0.05) is 5.38 Å². The number of methoxy groups -OCH3 is 1. The van der Waals surface area contributed by atoms with E-state index in [1.54, 1.807) is 0 Å². The molecule has 0 spiro atoms. The summed E-state index contributed by atoms with van der Waals surface area (Å²) in [6.07, 6.45) is 0. The molecule has 4 nitrogen and oxygen atoms in total. The Morgan fingerprint density at radius 1 is 1.82 bits per heavy atom. The summed E-state index contributed by atoms with van der Waals surface area (Å²) >= 11 is 1.06. The number of carbonyl (C=O) groups is 1. The number of hydrogen-bond acceptors (Lipinski definition) is 5. The van der Waals surface area contributed by atoms with E-state index in [9.17, 15) is 4.79 Å². The molecule has 0 saturated heterocycles. The van der Waals surface area contributed by atoms with Gasteiger partial charge < -0.3 is 15.6 Å². The van der Waals surface area contributed by atoms with E-state index in [-0.39, 0.29) is 16.3 Å². The summed E-state index contributed by atoms with van der Waals surface area (Å²) in [6, 6.07) is 0. The lowest BCUT2D eigenvalue weighted by atomic mass is 10.4. The van der Waals surface area contributed by atoms with E-state index >= 15 is 0 Å². The maximum absolute atomic E-state index is 10.8. The molecular weight excluding hydrogens is 166 g/mol. The van der Waals surface area contributed by atoms with Gasteiger partial charge in [-0.2, -0.15) is 0 Å². The third-order valence-corrected chi connectivity index (χ3v) is 2.13. The molecular formula is C6H7NO3S. The van der Waals surface area contributed by atoms with Gasteiger partial charge in [-0.15, -0.1) is 11.3 Å². The number of nitrogen functional groups attached to an aromatic ring is 1. The summed E-state index contributed by atoms with van der Waals surface area (Å²) in [7, 11) is 1.25. The molecule has 0 aliphatic rings. The molecule has 1 heterocycles. The molecule has 5 heteroatoms. The van der Waals surface area contributed by atoms with E-state index in [1.807, 2.05) is 0 Å². The summed E-state index contributed by atoms with van der Waals surface area (Å²) in [5.74, 6) is -0.758. The topological polar surface area (TPSA) is 72.5 Å². The molecule has 0 bridgehead atoms. The Hall–Kier alpha value is -1.23. The number of thiophene rings is 1. The van der Waals surface area contributed by atoms with Crippen LogP contribution in [0.3, 0.4) is 0 Å². The van der Waals surface area contributed by atoms with E-state index in [0.717, 1.165) is 11.3 Å². The summed E-state index contributed by atoms with van der Waals surface area (Å²) in [6.45, 7) is 0. The molecule has 60 valence electrons. The molecule has 1 aromatic heterocycles. The number of hydrogen-bond donors (Lipinski definition) is 2. The van der Waals surface area contributed by atoms with Crippen molar-refractivity contribution in [3.63, 3.8) is 0 Å². The molecule has 1 aromatic rings. The highest BCUT2D eigenvalue weighted by atomic mass is 32.1. The van der Waals surface area contributed by atoms with Gasteiger partial charge in [-0.25, -0.2) is 4.79 Å². The van der Waals surface area contributed by atoms with Crippen molar-refractivity contribution in [3.8, 4) is 5.75 Å². The normalized spacial score (nSPS) is 9.55. The number of esters is 1. The van der Waals surface area contributed by atoms with E-state index in [0.29, 0.717) is 0 Å². The van der Waals surface area contributed by atoms with Crippen molar-refractivity contribution in [2.75, 3.05) is 12.8 Å². The SMILES string of the molecule is COC(=O)c1scc(N)c1O. The summed E-state index contributed by atoms with van der Waals surface area (Å²) in [5, 5.41) is 10.6. The molecule has 0 unspecified atom stereocenters. The highest BCUT2D eigenvalue weighted by molar-refractivity contribution is 7.12.